The largest absolute Gasteiger partial charge is 0.284 e. The van der Waals surface area contributed by atoms with Crippen LogP contribution in [0.1, 0.15) is 18.7 Å². The Labute approximate surface area is 72.7 Å². The van der Waals surface area contributed by atoms with E-state index in [1.165, 1.54) is 0 Å². The Kier molecular flexibility index (Phi) is 3.20. The van der Waals surface area contributed by atoms with E-state index in [4.69, 9.17) is 0 Å². The number of rotatable bonds is 3. The van der Waals surface area contributed by atoms with E-state index in [0.717, 1.165) is 5.69 Å². The van der Waals surface area contributed by atoms with E-state index in [0.29, 0.717) is 0 Å². The first kappa shape index (κ1) is 8.65. The summed E-state index contributed by atoms with van der Waals surface area (Å²) >= 11 is 0. The van der Waals surface area contributed by atoms with E-state index >= 15 is 0 Å². The fourth-order valence-corrected chi connectivity index (χ4v) is 0.889. The molecule has 0 aromatic carbocycles. The van der Waals surface area contributed by atoms with E-state index in [2.05, 4.69) is 16.6 Å². The molecule has 0 aliphatic rings. The second-order valence-corrected chi connectivity index (χ2v) is 2.46. The molecule has 0 amide bonds. The van der Waals surface area contributed by atoms with Crippen LogP contribution in [0.3, 0.4) is 0 Å². The zero-order valence-corrected chi connectivity index (χ0v) is 7.14. The molecule has 0 spiro atoms. The zero-order valence-electron chi connectivity index (χ0n) is 7.14. The van der Waals surface area contributed by atoms with Crippen molar-refractivity contribution in [2.45, 2.75) is 13.0 Å². The van der Waals surface area contributed by atoms with Crippen LogP contribution in [-0.2, 0) is 0 Å². The van der Waals surface area contributed by atoms with Crippen LogP contribution < -0.4 is 0 Å². The summed E-state index contributed by atoms with van der Waals surface area (Å²) in [6.07, 6.45) is 5.13. The minimum atomic E-state index is 0.115. The Bertz CT molecular complexity index is 264. The average molecular weight is 160 g/mol. The van der Waals surface area contributed by atoms with Crippen LogP contribution in [0, 0.1) is 0 Å². The molecule has 1 unspecified atom stereocenters. The van der Waals surface area contributed by atoms with E-state index in [-0.39, 0.29) is 6.04 Å². The topological polar surface area (TPSA) is 25.2 Å². The van der Waals surface area contributed by atoms with Gasteiger partial charge in [0.15, 0.2) is 0 Å². The third kappa shape index (κ3) is 2.31. The van der Waals surface area contributed by atoms with Crippen molar-refractivity contribution < 1.29 is 0 Å². The van der Waals surface area contributed by atoms with Crippen LogP contribution in [0.2, 0.25) is 0 Å². The molecular formula is C10H12N2. The Hall–Kier alpha value is -1.44. The molecule has 0 saturated carbocycles. The molecule has 2 nitrogen and oxygen atoms in total. The van der Waals surface area contributed by atoms with Crippen molar-refractivity contribution in [3.63, 3.8) is 0 Å². The fourth-order valence-electron chi connectivity index (χ4n) is 0.889. The molecule has 1 atom stereocenters. The Morgan fingerprint density at radius 2 is 2.42 bits per heavy atom. The third-order valence-corrected chi connectivity index (χ3v) is 1.53. The summed E-state index contributed by atoms with van der Waals surface area (Å²) in [5.41, 5.74) is 0.982. The van der Waals surface area contributed by atoms with Gasteiger partial charge in [-0.1, -0.05) is 18.7 Å². The van der Waals surface area contributed by atoms with Gasteiger partial charge in [-0.15, -0.1) is 0 Å². The highest BCUT2D eigenvalue weighted by Crippen LogP contribution is 2.11. The monoisotopic (exact) mass is 160 g/mol. The lowest BCUT2D eigenvalue weighted by Gasteiger charge is -2.02. The molecule has 1 heterocycles. The lowest BCUT2D eigenvalue weighted by molar-refractivity contribution is 0.788. The molecule has 62 valence electrons. The maximum Gasteiger partial charge on any atom is 0.0891 e. The Morgan fingerprint density at radius 1 is 1.58 bits per heavy atom. The second kappa shape index (κ2) is 4.44. The normalized spacial score (nSPS) is 13.1. The molecule has 0 radical (unpaired) electrons. The summed E-state index contributed by atoms with van der Waals surface area (Å²) in [4.78, 5) is 8.39. The molecule has 2 heteroatoms. The van der Waals surface area contributed by atoms with Gasteiger partial charge in [0.25, 0.3) is 0 Å². The van der Waals surface area contributed by atoms with Gasteiger partial charge in [-0.2, -0.15) is 0 Å². The number of hydrogen-bond donors (Lipinski definition) is 0. The van der Waals surface area contributed by atoms with Crippen LogP contribution in [0.4, 0.5) is 0 Å². The smallest absolute Gasteiger partial charge is 0.0891 e. The van der Waals surface area contributed by atoms with E-state index in [1.54, 1.807) is 18.5 Å². The highest BCUT2D eigenvalue weighted by atomic mass is 14.8. The summed E-state index contributed by atoms with van der Waals surface area (Å²) < 4.78 is 0. The first-order valence-electron chi connectivity index (χ1n) is 3.89. The lowest BCUT2D eigenvalue weighted by Crippen LogP contribution is -1.92. The van der Waals surface area contributed by atoms with Crippen LogP contribution in [-0.4, -0.2) is 11.2 Å². The first-order chi connectivity index (χ1) is 5.84. The van der Waals surface area contributed by atoms with Crippen molar-refractivity contribution in [3.8, 4) is 0 Å². The highest BCUT2D eigenvalue weighted by Gasteiger charge is 2.00. The zero-order chi connectivity index (χ0) is 8.81. The van der Waals surface area contributed by atoms with Crippen LogP contribution >= 0.6 is 0 Å². The van der Waals surface area contributed by atoms with Gasteiger partial charge in [-0.3, -0.25) is 9.98 Å². The van der Waals surface area contributed by atoms with Crippen molar-refractivity contribution in [3.05, 3.63) is 42.7 Å². The SMILES string of the molecule is C=CC=NC(C)c1ccccn1. The molecule has 0 saturated heterocycles. The maximum atomic E-state index is 4.21. The molecular weight excluding hydrogens is 148 g/mol. The highest BCUT2D eigenvalue weighted by molar-refractivity contribution is 5.70. The molecule has 1 aromatic heterocycles. The van der Waals surface area contributed by atoms with Crippen molar-refractivity contribution in [2.75, 3.05) is 0 Å². The van der Waals surface area contributed by atoms with Crippen LogP contribution in [0.5, 0.6) is 0 Å². The summed E-state index contributed by atoms with van der Waals surface area (Å²) in [5, 5.41) is 0. The van der Waals surface area contributed by atoms with E-state index < -0.39 is 0 Å². The van der Waals surface area contributed by atoms with E-state index in [1.807, 2.05) is 25.1 Å². The summed E-state index contributed by atoms with van der Waals surface area (Å²) in [7, 11) is 0. The fraction of sp³-hybridized carbons (Fsp3) is 0.200. The average Bonchev–Trinajstić information content (AvgIpc) is 2.15. The predicted octanol–water partition coefficient (Wildman–Crippen LogP) is 2.40. The molecule has 1 rings (SSSR count). The molecule has 1 aromatic rings. The molecule has 0 aliphatic heterocycles. The van der Waals surface area contributed by atoms with Gasteiger partial charge in [0.2, 0.25) is 0 Å². The van der Waals surface area contributed by atoms with Crippen molar-refractivity contribution in [1.29, 1.82) is 0 Å². The minimum absolute atomic E-state index is 0.115. The number of hydrogen-bond acceptors (Lipinski definition) is 2. The molecule has 12 heavy (non-hydrogen) atoms. The standard InChI is InChI=1S/C10H12N2/c1-3-7-11-9(2)10-6-4-5-8-12-10/h3-9H,1H2,2H3. The molecule has 0 fully saturated rings. The Balaban J connectivity index is 2.71. The van der Waals surface area contributed by atoms with Crippen molar-refractivity contribution in [1.82, 2.24) is 4.98 Å². The maximum absolute atomic E-state index is 4.21. The number of allylic oxidation sites excluding steroid dienone is 1. The lowest BCUT2D eigenvalue weighted by atomic mass is 10.2. The molecule has 0 bridgehead atoms. The first-order valence-corrected chi connectivity index (χ1v) is 3.89. The summed E-state index contributed by atoms with van der Waals surface area (Å²) in [6, 6.07) is 5.94. The van der Waals surface area contributed by atoms with Gasteiger partial charge in [0.05, 0.1) is 11.7 Å². The van der Waals surface area contributed by atoms with E-state index in [9.17, 15) is 0 Å². The van der Waals surface area contributed by atoms with Gasteiger partial charge in [-0.05, 0) is 19.1 Å². The van der Waals surface area contributed by atoms with Crippen LogP contribution in [0.15, 0.2) is 42.0 Å². The summed E-state index contributed by atoms with van der Waals surface area (Å²) in [6.45, 7) is 5.56. The van der Waals surface area contributed by atoms with Gasteiger partial charge >= 0.3 is 0 Å². The third-order valence-electron chi connectivity index (χ3n) is 1.53. The summed E-state index contributed by atoms with van der Waals surface area (Å²) in [5.74, 6) is 0. The number of aromatic nitrogens is 1. The van der Waals surface area contributed by atoms with Crippen molar-refractivity contribution in [2.24, 2.45) is 4.99 Å². The molecule has 0 N–H and O–H groups in total. The minimum Gasteiger partial charge on any atom is -0.284 e. The van der Waals surface area contributed by atoms with Gasteiger partial charge in [0.1, 0.15) is 0 Å². The van der Waals surface area contributed by atoms with Crippen molar-refractivity contribution >= 4 is 6.21 Å². The molecule has 0 aliphatic carbocycles. The second-order valence-electron chi connectivity index (χ2n) is 2.46. The number of pyridine rings is 1. The van der Waals surface area contributed by atoms with Gasteiger partial charge in [0, 0.05) is 12.4 Å². The quantitative estimate of drug-likeness (QED) is 0.623. The number of nitrogens with zero attached hydrogens (tertiary/aromatic N) is 2. The number of aliphatic imine (C=N–C) groups is 1. The predicted molar refractivity (Wildman–Crippen MR) is 51.3 cm³/mol. The van der Waals surface area contributed by atoms with Crippen LogP contribution in [0.25, 0.3) is 0 Å². The van der Waals surface area contributed by atoms with Gasteiger partial charge < -0.3 is 0 Å². The Morgan fingerprint density at radius 3 is 3.00 bits per heavy atom. The van der Waals surface area contributed by atoms with Gasteiger partial charge in [-0.25, -0.2) is 0 Å².